The van der Waals surface area contributed by atoms with E-state index < -0.39 is 0 Å². The van der Waals surface area contributed by atoms with Gasteiger partial charge in [0.2, 0.25) is 0 Å². The number of hydrogen-bond donors (Lipinski definition) is 0. The maximum Gasteiger partial charge on any atom is 3.00 e. The minimum absolute atomic E-state index is 0. The minimum atomic E-state index is 0. The van der Waals surface area contributed by atoms with Gasteiger partial charge in [0.05, 0.1) is 0 Å². The van der Waals surface area contributed by atoms with Gasteiger partial charge in [0.25, 0.3) is 0 Å². The van der Waals surface area contributed by atoms with Crippen molar-refractivity contribution >= 4 is 0 Å². The number of rotatable bonds is 0. The van der Waals surface area contributed by atoms with Crippen LogP contribution in [0.4, 0.5) is 0 Å². The van der Waals surface area contributed by atoms with E-state index in [2.05, 4.69) is 0 Å². The van der Waals surface area contributed by atoms with Gasteiger partial charge in [0.1, 0.15) is 0 Å². The Balaban J connectivity index is 0. The predicted octanol–water partition coefficient (Wildman–Crippen LogP) is -0.361. The molecule has 0 spiro atoms. The van der Waals surface area contributed by atoms with E-state index in [0.717, 1.165) is 0 Å². The van der Waals surface area contributed by atoms with Crippen LogP contribution < -0.4 is 0 Å². The van der Waals surface area contributed by atoms with Gasteiger partial charge in [0, 0.05) is 0 Å². The van der Waals surface area contributed by atoms with Crippen LogP contribution >= 0.6 is 0 Å². The standard InChI is InChI=1S/Cr.Mn.3O/q2*+3;3*-2. The van der Waals surface area contributed by atoms with E-state index in [9.17, 15) is 0 Å². The van der Waals surface area contributed by atoms with Crippen LogP contribution in [-0.4, -0.2) is 0 Å². The fourth-order valence-corrected chi connectivity index (χ4v) is 0. The first-order chi connectivity index (χ1) is 0. The molecule has 0 saturated carbocycles. The molecule has 0 rings (SSSR count). The summed E-state index contributed by atoms with van der Waals surface area (Å²) in [5, 5.41) is 0. The molecule has 0 heterocycles. The van der Waals surface area contributed by atoms with E-state index in [0.29, 0.717) is 0 Å². The average Bonchev–Trinajstić information content (AvgIpc) is 0. The van der Waals surface area contributed by atoms with Crippen molar-refractivity contribution in [3.63, 3.8) is 0 Å². The molecule has 0 aromatic carbocycles. The Morgan fingerprint density at radius 1 is 0.600 bits per heavy atom. The Bertz CT molecular complexity index is 6.85. The fourth-order valence-electron chi connectivity index (χ4n) is 0. The molecule has 0 fully saturated rings. The Kier molecular flexibility index (Phi) is 2920. The summed E-state index contributed by atoms with van der Waals surface area (Å²) in [6.07, 6.45) is 0. The van der Waals surface area contributed by atoms with Crippen molar-refractivity contribution in [3.8, 4) is 0 Å². The van der Waals surface area contributed by atoms with Crippen LogP contribution in [0.2, 0.25) is 0 Å². The van der Waals surface area contributed by atoms with E-state index in [-0.39, 0.29) is 50.9 Å². The van der Waals surface area contributed by atoms with Crippen molar-refractivity contribution < 1.29 is 50.9 Å². The monoisotopic (exact) mass is 155 g/mol. The maximum absolute atomic E-state index is 0. The summed E-state index contributed by atoms with van der Waals surface area (Å²) in [5.41, 5.74) is 0. The molecule has 0 bridgehead atoms. The summed E-state index contributed by atoms with van der Waals surface area (Å²) in [6, 6.07) is 0. The molecule has 3 nitrogen and oxygen atoms in total. The van der Waals surface area contributed by atoms with Crippen molar-refractivity contribution in [3.05, 3.63) is 0 Å². The van der Waals surface area contributed by atoms with Crippen LogP contribution in [0.5, 0.6) is 0 Å². The van der Waals surface area contributed by atoms with Gasteiger partial charge >= 0.3 is 34.4 Å². The summed E-state index contributed by atoms with van der Waals surface area (Å²) >= 11 is 0. The Morgan fingerprint density at radius 2 is 0.600 bits per heavy atom. The third kappa shape index (κ3) is 48.8. The van der Waals surface area contributed by atoms with Crippen molar-refractivity contribution in [2.75, 3.05) is 0 Å². The van der Waals surface area contributed by atoms with Gasteiger partial charge in [-0.25, -0.2) is 0 Å². The van der Waals surface area contributed by atoms with Crippen LogP contribution in [0.25, 0.3) is 0 Å². The van der Waals surface area contributed by atoms with E-state index >= 15 is 0 Å². The van der Waals surface area contributed by atoms with E-state index in [1.807, 2.05) is 0 Å². The van der Waals surface area contributed by atoms with Crippen molar-refractivity contribution in [2.24, 2.45) is 0 Å². The quantitative estimate of drug-likeness (QED) is 0.427. The van der Waals surface area contributed by atoms with Crippen molar-refractivity contribution in [2.45, 2.75) is 0 Å². The number of hydrogen-bond acceptors (Lipinski definition) is 0. The average molecular weight is 155 g/mol. The molecule has 0 atom stereocenters. The summed E-state index contributed by atoms with van der Waals surface area (Å²) in [6.45, 7) is 0. The van der Waals surface area contributed by atoms with Crippen LogP contribution in [-0.2, 0) is 50.9 Å². The molecule has 0 aliphatic heterocycles. The molecule has 1 radical (unpaired) electrons. The summed E-state index contributed by atoms with van der Waals surface area (Å²) in [7, 11) is 0. The van der Waals surface area contributed by atoms with Crippen molar-refractivity contribution in [1.29, 1.82) is 0 Å². The summed E-state index contributed by atoms with van der Waals surface area (Å²) in [5.74, 6) is 0. The van der Waals surface area contributed by atoms with Crippen LogP contribution in [0, 0.1) is 0 Å². The van der Waals surface area contributed by atoms with Gasteiger partial charge in [0.15, 0.2) is 0 Å². The molecule has 0 amide bonds. The first kappa shape index (κ1) is 166. The molecule has 0 aliphatic carbocycles. The molecular formula is CrMnO3. The molecule has 5 heavy (non-hydrogen) atoms. The van der Waals surface area contributed by atoms with Gasteiger partial charge in [-0.1, -0.05) is 0 Å². The van der Waals surface area contributed by atoms with Crippen LogP contribution in [0.1, 0.15) is 0 Å². The molecule has 0 unspecified atom stereocenters. The first-order valence-electron chi connectivity index (χ1n) is 0. The van der Waals surface area contributed by atoms with Gasteiger partial charge < -0.3 is 16.4 Å². The zero-order valence-electron chi connectivity index (χ0n) is 2.01. The van der Waals surface area contributed by atoms with Gasteiger partial charge in [-0.2, -0.15) is 0 Å². The minimum Gasteiger partial charge on any atom is -2.00 e. The van der Waals surface area contributed by atoms with Crippen molar-refractivity contribution in [1.82, 2.24) is 0 Å². The molecule has 31 valence electrons. The second-order valence-electron chi connectivity index (χ2n) is 0. The zero-order chi connectivity index (χ0) is 0. The third-order valence-electron chi connectivity index (χ3n) is 0. The predicted molar refractivity (Wildman–Crippen MR) is 2.06 cm³/mol. The summed E-state index contributed by atoms with van der Waals surface area (Å²) < 4.78 is 0. The molecule has 0 aliphatic rings. The first-order valence-corrected chi connectivity index (χ1v) is 0. The van der Waals surface area contributed by atoms with E-state index in [1.54, 1.807) is 0 Å². The Hall–Kier alpha value is 0.932. The van der Waals surface area contributed by atoms with E-state index in [1.165, 1.54) is 0 Å². The summed E-state index contributed by atoms with van der Waals surface area (Å²) in [4.78, 5) is 0. The molecule has 0 aromatic heterocycles. The van der Waals surface area contributed by atoms with Gasteiger partial charge in [-0.15, -0.1) is 0 Å². The fraction of sp³-hybridized carbons (Fsp3) is 0. The smallest absolute Gasteiger partial charge is 2.00 e. The zero-order valence-corrected chi connectivity index (χ0v) is 4.47. The largest absolute Gasteiger partial charge is 3.00 e. The molecule has 0 aromatic rings. The van der Waals surface area contributed by atoms with Gasteiger partial charge in [-0.05, 0) is 0 Å². The topological polar surface area (TPSA) is 85.5 Å². The Morgan fingerprint density at radius 3 is 0.600 bits per heavy atom. The maximum atomic E-state index is 0. The molecule has 0 saturated heterocycles. The van der Waals surface area contributed by atoms with Crippen LogP contribution in [0.3, 0.4) is 0 Å². The molecule has 5 heteroatoms. The van der Waals surface area contributed by atoms with Crippen LogP contribution in [0.15, 0.2) is 0 Å². The second kappa shape index (κ2) is 87.8. The third-order valence-corrected chi connectivity index (χ3v) is 0. The SMILES string of the molecule is [Cr+3].[Mn+3].[O-2].[O-2].[O-2]. The molecule has 0 N–H and O–H groups in total. The Labute approximate surface area is 51.3 Å². The van der Waals surface area contributed by atoms with Gasteiger partial charge in [-0.3, -0.25) is 0 Å². The second-order valence-corrected chi connectivity index (χ2v) is 0. The van der Waals surface area contributed by atoms with E-state index in [4.69, 9.17) is 0 Å². The normalized spacial score (nSPS) is 0. The molecular weight excluding hydrogens is 155 g/mol.